The van der Waals surface area contributed by atoms with E-state index in [9.17, 15) is 4.79 Å². The number of para-hydroxylation sites is 2. The first-order valence-corrected chi connectivity index (χ1v) is 9.76. The van der Waals surface area contributed by atoms with Crippen molar-refractivity contribution >= 4 is 22.9 Å². The molecule has 1 amide bonds. The summed E-state index contributed by atoms with van der Waals surface area (Å²) in [5, 5.41) is 4.82. The van der Waals surface area contributed by atoms with Gasteiger partial charge in [0.2, 0.25) is 11.7 Å². The fourth-order valence-corrected chi connectivity index (χ4v) is 3.32. The zero-order chi connectivity index (χ0) is 20.6. The molecule has 0 bridgehead atoms. The summed E-state index contributed by atoms with van der Waals surface area (Å²) in [5.41, 5.74) is 3.93. The molecule has 8 heteroatoms. The largest absolute Gasteiger partial charge is 0.493 e. The minimum atomic E-state index is -0.191. The molecule has 29 heavy (non-hydrogen) atoms. The third-order valence-corrected chi connectivity index (χ3v) is 4.74. The molecule has 1 N–H and O–H groups in total. The quantitative estimate of drug-likeness (QED) is 0.572. The van der Waals surface area contributed by atoms with Gasteiger partial charge in [0.05, 0.1) is 44.6 Å². The summed E-state index contributed by atoms with van der Waals surface area (Å²) >= 11 is 1.51. The lowest BCUT2D eigenvalue weighted by Crippen LogP contribution is -2.15. The predicted octanol–water partition coefficient (Wildman–Crippen LogP) is 3.93. The first-order chi connectivity index (χ1) is 14.1. The lowest BCUT2D eigenvalue weighted by Gasteiger charge is -2.15. The molecule has 0 aliphatic carbocycles. The van der Waals surface area contributed by atoms with Crippen LogP contribution in [0.2, 0.25) is 0 Å². The second kappa shape index (κ2) is 9.79. The van der Waals surface area contributed by atoms with Gasteiger partial charge in [-0.2, -0.15) is 0 Å². The third kappa shape index (κ3) is 5.17. The van der Waals surface area contributed by atoms with Crippen molar-refractivity contribution in [2.24, 2.45) is 0 Å². The number of carbonyl (C=O) groups excluding carboxylic acids is 1. The van der Waals surface area contributed by atoms with E-state index < -0.39 is 0 Å². The zero-order valence-electron chi connectivity index (χ0n) is 16.4. The molecule has 1 heterocycles. The Morgan fingerprint density at radius 2 is 1.76 bits per heavy atom. The molecule has 2 aromatic carbocycles. The first-order valence-electron chi connectivity index (χ1n) is 8.82. The summed E-state index contributed by atoms with van der Waals surface area (Å²) in [7, 11) is 4.61. The van der Waals surface area contributed by atoms with Crippen molar-refractivity contribution in [3.8, 4) is 23.0 Å². The summed E-state index contributed by atoms with van der Waals surface area (Å²) in [4.78, 5) is 16.8. The Bertz CT molecular complexity index is 934. The molecular weight excluding hydrogens is 392 g/mol. The summed E-state index contributed by atoms with van der Waals surface area (Å²) in [6.45, 7) is 0.337. The molecule has 152 valence electrons. The van der Waals surface area contributed by atoms with Crippen LogP contribution >= 0.6 is 11.3 Å². The highest BCUT2D eigenvalue weighted by molar-refractivity contribution is 7.07. The molecule has 7 nitrogen and oxygen atoms in total. The van der Waals surface area contributed by atoms with Gasteiger partial charge in [-0.3, -0.25) is 4.79 Å². The Morgan fingerprint density at radius 1 is 1.03 bits per heavy atom. The van der Waals surface area contributed by atoms with Crippen LogP contribution in [-0.4, -0.2) is 32.2 Å². The number of carbonyl (C=O) groups is 1. The molecule has 0 saturated heterocycles. The number of ether oxygens (including phenoxy) is 4. The highest BCUT2D eigenvalue weighted by atomic mass is 32.1. The number of thiazole rings is 1. The number of anilines is 1. The molecule has 1 aromatic heterocycles. The van der Waals surface area contributed by atoms with Gasteiger partial charge < -0.3 is 24.3 Å². The molecular formula is C21H22N2O5S. The second-order valence-electron chi connectivity index (χ2n) is 6.02. The maximum atomic E-state index is 12.6. The van der Waals surface area contributed by atoms with E-state index in [2.05, 4.69) is 10.3 Å². The number of nitrogens with one attached hydrogen (secondary N) is 1. The van der Waals surface area contributed by atoms with E-state index in [0.29, 0.717) is 35.3 Å². The fourth-order valence-electron chi connectivity index (χ4n) is 2.77. The van der Waals surface area contributed by atoms with Crippen molar-refractivity contribution in [1.29, 1.82) is 0 Å². The van der Waals surface area contributed by atoms with Crippen LogP contribution in [0.1, 0.15) is 11.3 Å². The Kier molecular flexibility index (Phi) is 6.91. The topological polar surface area (TPSA) is 78.9 Å². The lowest BCUT2D eigenvalue weighted by atomic mass is 10.1. The highest BCUT2D eigenvalue weighted by Gasteiger charge is 2.16. The Hall–Kier alpha value is -3.26. The van der Waals surface area contributed by atoms with Gasteiger partial charge in [-0.05, 0) is 29.8 Å². The summed E-state index contributed by atoms with van der Waals surface area (Å²) in [6.07, 6.45) is 0.136. The van der Waals surface area contributed by atoms with E-state index in [-0.39, 0.29) is 12.3 Å². The number of hydrogen-bond acceptors (Lipinski definition) is 7. The normalized spacial score (nSPS) is 10.3. The van der Waals surface area contributed by atoms with Crippen molar-refractivity contribution in [2.75, 3.05) is 26.6 Å². The number of aromatic nitrogens is 1. The van der Waals surface area contributed by atoms with Gasteiger partial charge in [0.1, 0.15) is 12.4 Å². The Morgan fingerprint density at radius 3 is 2.38 bits per heavy atom. The van der Waals surface area contributed by atoms with E-state index in [1.165, 1.54) is 32.7 Å². The third-order valence-electron chi connectivity index (χ3n) is 4.11. The minimum Gasteiger partial charge on any atom is -0.493 e. The molecule has 0 fully saturated rings. The number of nitrogens with zero attached hydrogens (tertiary/aromatic N) is 1. The van der Waals surface area contributed by atoms with Gasteiger partial charge in [0, 0.05) is 5.38 Å². The van der Waals surface area contributed by atoms with Crippen molar-refractivity contribution in [3.63, 3.8) is 0 Å². The van der Waals surface area contributed by atoms with E-state index in [1.54, 1.807) is 29.8 Å². The molecule has 0 spiro atoms. The lowest BCUT2D eigenvalue weighted by molar-refractivity contribution is -0.115. The molecule has 0 atom stereocenters. The maximum Gasteiger partial charge on any atom is 0.228 e. The van der Waals surface area contributed by atoms with Crippen LogP contribution < -0.4 is 24.3 Å². The van der Waals surface area contributed by atoms with Crippen molar-refractivity contribution in [3.05, 3.63) is 58.5 Å². The number of rotatable bonds is 9. The van der Waals surface area contributed by atoms with E-state index >= 15 is 0 Å². The molecule has 0 aliphatic heterocycles. The van der Waals surface area contributed by atoms with Crippen LogP contribution in [0.15, 0.2) is 47.3 Å². The van der Waals surface area contributed by atoms with Gasteiger partial charge in [-0.15, -0.1) is 11.3 Å². The summed E-state index contributed by atoms with van der Waals surface area (Å²) in [6, 6.07) is 10.8. The maximum absolute atomic E-state index is 12.6. The number of methoxy groups -OCH3 is 3. The monoisotopic (exact) mass is 414 g/mol. The molecule has 0 unspecified atom stereocenters. The van der Waals surface area contributed by atoms with Gasteiger partial charge >= 0.3 is 0 Å². The molecule has 3 aromatic rings. The van der Waals surface area contributed by atoms with Gasteiger partial charge in [0.15, 0.2) is 11.5 Å². The van der Waals surface area contributed by atoms with Crippen molar-refractivity contribution in [2.45, 2.75) is 13.0 Å². The average Bonchev–Trinajstić information content (AvgIpc) is 3.26. The van der Waals surface area contributed by atoms with E-state index in [0.717, 1.165) is 11.3 Å². The van der Waals surface area contributed by atoms with Crippen LogP contribution in [0.5, 0.6) is 23.0 Å². The van der Waals surface area contributed by atoms with Crippen LogP contribution in [-0.2, 0) is 17.8 Å². The number of hydrogen-bond donors (Lipinski definition) is 1. The van der Waals surface area contributed by atoms with Gasteiger partial charge in [-0.1, -0.05) is 12.1 Å². The fraction of sp³-hybridized carbons (Fsp3) is 0.238. The first kappa shape index (κ1) is 20.5. The van der Waals surface area contributed by atoms with E-state index in [1.807, 2.05) is 17.5 Å². The smallest absolute Gasteiger partial charge is 0.228 e. The molecule has 3 rings (SSSR count). The Balaban J connectivity index is 1.71. The van der Waals surface area contributed by atoms with Crippen LogP contribution in [0.25, 0.3) is 0 Å². The summed E-state index contributed by atoms with van der Waals surface area (Å²) in [5.74, 6) is 1.88. The van der Waals surface area contributed by atoms with E-state index in [4.69, 9.17) is 18.9 Å². The molecule has 0 aliphatic rings. The van der Waals surface area contributed by atoms with Crippen LogP contribution in [0.4, 0.5) is 5.69 Å². The van der Waals surface area contributed by atoms with Crippen LogP contribution in [0.3, 0.4) is 0 Å². The molecule has 0 saturated carbocycles. The second-order valence-corrected chi connectivity index (χ2v) is 6.74. The predicted molar refractivity (Wildman–Crippen MR) is 111 cm³/mol. The standard InChI is InChI=1S/C21H22N2O5S/c1-25-18-8-14(9-19(26-2)21(18)27-3)10-20(24)23-16-6-4-5-7-17(16)28-11-15-12-29-13-22-15/h4-9,12-13H,10-11H2,1-3H3,(H,23,24). The Labute approximate surface area is 173 Å². The number of benzene rings is 2. The number of amides is 1. The van der Waals surface area contributed by atoms with Crippen molar-refractivity contribution in [1.82, 2.24) is 4.98 Å². The summed E-state index contributed by atoms with van der Waals surface area (Å²) < 4.78 is 21.8. The zero-order valence-corrected chi connectivity index (χ0v) is 17.2. The molecule has 0 radical (unpaired) electrons. The van der Waals surface area contributed by atoms with Gasteiger partial charge in [-0.25, -0.2) is 4.98 Å². The highest BCUT2D eigenvalue weighted by Crippen LogP contribution is 2.38. The SMILES string of the molecule is COc1cc(CC(=O)Nc2ccccc2OCc2cscn2)cc(OC)c1OC. The van der Waals surface area contributed by atoms with Crippen molar-refractivity contribution < 1.29 is 23.7 Å². The van der Waals surface area contributed by atoms with Crippen LogP contribution in [0, 0.1) is 0 Å². The van der Waals surface area contributed by atoms with Gasteiger partial charge in [0.25, 0.3) is 0 Å². The average molecular weight is 414 g/mol. The minimum absolute atomic E-state index is 0.136.